The highest BCUT2D eigenvalue weighted by Gasteiger charge is 2.31. The standard InChI is InChI=1S/C19H16ClFN2O3S2/c20-15-12-14(5-6-16(15)21)28(25,26)23-9-7-22(8-10-23)19(24)18-11-13-3-1-2-4-17(13)27-18/h1-6,11-12H,7-10H2. The zero-order valence-corrected chi connectivity index (χ0v) is 17.0. The van der Waals surface area contributed by atoms with Crippen molar-refractivity contribution in [3.8, 4) is 0 Å². The molecule has 1 aliphatic heterocycles. The molecule has 146 valence electrons. The van der Waals surface area contributed by atoms with Crippen molar-refractivity contribution < 1.29 is 17.6 Å². The molecular weight excluding hydrogens is 423 g/mol. The third-order valence-corrected chi connectivity index (χ3v) is 7.98. The molecule has 4 rings (SSSR count). The van der Waals surface area contributed by atoms with Gasteiger partial charge >= 0.3 is 0 Å². The van der Waals surface area contributed by atoms with Gasteiger partial charge in [-0.1, -0.05) is 29.8 Å². The van der Waals surface area contributed by atoms with Crippen LogP contribution >= 0.6 is 22.9 Å². The van der Waals surface area contributed by atoms with Crippen LogP contribution in [0.3, 0.4) is 0 Å². The molecule has 28 heavy (non-hydrogen) atoms. The molecule has 3 aromatic rings. The SMILES string of the molecule is O=C(c1cc2ccccc2s1)N1CCN(S(=O)(=O)c2ccc(F)c(Cl)c2)CC1. The van der Waals surface area contributed by atoms with Crippen LogP contribution in [0.2, 0.25) is 5.02 Å². The van der Waals surface area contributed by atoms with E-state index in [0.717, 1.165) is 22.2 Å². The number of hydrogen-bond acceptors (Lipinski definition) is 4. The van der Waals surface area contributed by atoms with Crippen LogP contribution in [0.4, 0.5) is 4.39 Å². The summed E-state index contributed by atoms with van der Waals surface area (Å²) in [6.45, 7) is 0.935. The molecule has 0 aliphatic carbocycles. The number of fused-ring (bicyclic) bond motifs is 1. The predicted octanol–water partition coefficient (Wildman–Crippen LogP) is 3.84. The van der Waals surface area contributed by atoms with Crippen LogP contribution in [0.25, 0.3) is 10.1 Å². The van der Waals surface area contributed by atoms with E-state index >= 15 is 0 Å². The van der Waals surface area contributed by atoms with Crippen molar-refractivity contribution in [2.75, 3.05) is 26.2 Å². The average Bonchev–Trinajstić information content (AvgIpc) is 3.13. The molecule has 1 fully saturated rings. The van der Waals surface area contributed by atoms with Crippen LogP contribution in [-0.4, -0.2) is 49.7 Å². The molecule has 0 atom stereocenters. The molecule has 0 spiro atoms. The van der Waals surface area contributed by atoms with Crippen molar-refractivity contribution in [3.05, 3.63) is 64.2 Å². The number of sulfonamides is 1. The first kappa shape index (κ1) is 19.3. The van der Waals surface area contributed by atoms with Crippen LogP contribution < -0.4 is 0 Å². The second kappa shape index (κ2) is 7.44. The maximum Gasteiger partial charge on any atom is 0.264 e. The zero-order valence-electron chi connectivity index (χ0n) is 14.6. The lowest BCUT2D eigenvalue weighted by Crippen LogP contribution is -2.50. The molecule has 0 radical (unpaired) electrons. The molecule has 1 saturated heterocycles. The first-order chi connectivity index (χ1) is 13.4. The van der Waals surface area contributed by atoms with Crippen LogP contribution in [0.5, 0.6) is 0 Å². The molecule has 0 saturated carbocycles. The average molecular weight is 439 g/mol. The molecular formula is C19H16ClFN2O3S2. The normalized spacial score (nSPS) is 15.9. The number of halogens is 2. The first-order valence-corrected chi connectivity index (χ1v) is 11.2. The number of carbonyl (C=O) groups is 1. The number of piperazine rings is 1. The summed E-state index contributed by atoms with van der Waals surface area (Å²) in [5.41, 5.74) is 0. The van der Waals surface area contributed by atoms with Gasteiger partial charge in [-0.3, -0.25) is 4.79 Å². The molecule has 0 N–H and O–H groups in total. The Bertz CT molecular complexity index is 1120. The number of hydrogen-bond donors (Lipinski definition) is 0. The fraction of sp³-hybridized carbons (Fsp3) is 0.211. The lowest BCUT2D eigenvalue weighted by molar-refractivity contribution is 0.0703. The van der Waals surface area contributed by atoms with Gasteiger partial charge in [-0.05, 0) is 35.7 Å². The summed E-state index contributed by atoms with van der Waals surface area (Å²) in [6.07, 6.45) is 0. The van der Waals surface area contributed by atoms with E-state index in [2.05, 4.69) is 0 Å². The van der Waals surface area contributed by atoms with Gasteiger partial charge in [-0.25, -0.2) is 12.8 Å². The van der Waals surface area contributed by atoms with Crippen LogP contribution in [-0.2, 0) is 10.0 Å². The van der Waals surface area contributed by atoms with Crippen LogP contribution in [0.1, 0.15) is 9.67 Å². The highest BCUT2D eigenvalue weighted by atomic mass is 35.5. The molecule has 2 aromatic carbocycles. The minimum Gasteiger partial charge on any atom is -0.335 e. The maximum absolute atomic E-state index is 13.3. The van der Waals surface area contributed by atoms with E-state index in [1.807, 2.05) is 30.3 Å². The highest BCUT2D eigenvalue weighted by molar-refractivity contribution is 7.89. The Labute approximate surface area is 171 Å². The van der Waals surface area contributed by atoms with Gasteiger partial charge in [0.15, 0.2) is 0 Å². The van der Waals surface area contributed by atoms with Gasteiger partial charge in [0.25, 0.3) is 5.91 Å². The quantitative estimate of drug-likeness (QED) is 0.624. The molecule has 1 amide bonds. The van der Waals surface area contributed by atoms with Gasteiger partial charge in [-0.15, -0.1) is 11.3 Å². The first-order valence-electron chi connectivity index (χ1n) is 8.59. The van der Waals surface area contributed by atoms with Crippen molar-refractivity contribution in [1.82, 2.24) is 9.21 Å². The smallest absolute Gasteiger partial charge is 0.264 e. The summed E-state index contributed by atoms with van der Waals surface area (Å²) >= 11 is 7.15. The minimum atomic E-state index is -3.79. The van der Waals surface area contributed by atoms with Gasteiger partial charge in [0, 0.05) is 30.9 Å². The van der Waals surface area contributed by atoms with E-state index in [1.54, 1.807) is 4.90 Å². The van der Waals surface area contributed by atoms with Crippen molar-refractivity contribution in [1.29, 1.82) is 0 Å². The highest BCUT2D eigenvalue weighted by Crippen LogP contribution is 2.27. The third-order valence-electron chi connectivity index (χ3n) is 4.69. The Balaban J connectivity index is 1.47. The second-order valence-electron chi connectivity index (χ2n) is 6.42. The summed E-state index contributed by atoms with van der Waals surface area (Å²) in [4.78, 5) is 15.0. The van der Waals surface area contributed by atoms with E-state index < -0.39 is 15.8 Å². The van der Waals surface area contributed by atoms with E-state index in [1.165, 1.54) is 21.7 Å². The molecule has 0 unspecified atom stereocenters. The number of benzene rings is 2. The van der Waals surface area contributed by atoms with E-state index in [4.69, 9.17) is 11.6 Å². The van der Waals surface area contributed by atoms with Crippen molar-refractivity contribution in [2.24, 2.45) is 0 Å². The predicted molar refractivity (Wildman–Crippen MR) is 108 cm³/mol. The Kier molecular flexibility index (Phi) is 5.13. The summed E-state index contributed by atoms with van der Waals surface area (Å²) in [7, 11) is -3.79. The Morgan fingerprint density at radius 2 is 1.75 bits per heavy atom. The van der Waals surface area contributed by atoms with Crippen molar-refractivity contribution in [3.63, 3.8) is 0 Å². The molecule has 0 bridgehead atoms. The van der Waals surface area contributed by atoms with Gasteiger partial charge in [0.1, 0.15) is 5.82 Å². The summed E-state index contributed by atoms with van der Waals surface area (Å²) in [5.74, 6) is -0.762. The molecule has 5 nitrogen and oxygen atoms in total. The minimum absolute atomic E-state index is 0.0526. The summed E-state index contributed by atoms with van der Waals surface area (Å²) in [5, 5.41) is 0.782. The lowest BCUT2D eigenvalue weighted by atomic mass is 10.2. The maximum atomic E-state index is 13.3. The van der Waals surface area contributed by atoms with Gasteiger partial charge in [0.2, 0.25) is 10.0 Å². The number of nitrogens with zero attached hydrogens (tertiary/aromatic N) is 2. The van der Waals surface area contributed by atoms with Crippen LogP contribution in [0, 0.1) is 5.82 Å². The molecule has 9 heteroatoms. The Morgan fingerprint density at radius 1 is 1.04 bits per heavy atom. The molecule has 2 heterocycles. The second-order valence-corrected chi connectivity index (χ2v) is 9.85. The van der Waals surface area contributed by atoms with E-state index in [0.29, 0.717) is 18.0 Å². The Morgan fingerprint density at radius 3 is 2.43 bits per heavy atom. The summed E-state index contributed by atoms with van der Waals surface area (Å²) < 4.78 is 41.2. The number of carbonyl (C=O) groups excluding carboxylic acids is 1. The Hall–Kier alpha value is -2.00. The van der Waals surface area contributed by atoms with Gasteiger partial charge in [-0.2, -0.15) is 4.31 Å². The topological polar surface area (TPSA) is 57.7 Å². The van der Waals surface area contributed by atoms with Crippen molar-refractivity contribution >= 4 is 49.0 Å². The monoisotopic (exact) mass is 438 g/mol. The fourth-order valence-corrected chi connectivity index (χ4v) is 5.89. The molecule has 1 aromatic heterocycles. The lowest BCUT2D eigenvalue weighted by Gasteiger charge is -2.33. The number of rotatable bonds is 3. The number of thiophene rings is 1. The van der Waals surface area contributed by atoms with E-state index in [-0.39, 0.29) is 28.9 Å². The largest absolute Gasteiger partial charge is 0.335 e. The van der Waals surface area contributed by atoms with Gasteiger partial charge < -0.3 is 4.90 Å². The van der Waals surface area contributed by atoms with Crippen molar-refractivity contribution in [2.45, 2.75) is 4.90 Å². The van der Waals surface area contributed by atoms with Gasteiger partial charge in [0.05, 0.1) is 14.8 Å². The fourth-order valence-electron chi connectivity index (χ4n) is 3.16. The zero-order chi connectivity index (χ0) is 19.9. The summed E-state index contributed by atoms with van der Waals surface area (Å²) in [6, 6.07) is 13.0. The number of amides is 1. The molecule has 1 aliphatic rings. The van der Waals surface area contributed by atoms with E-state index in [9.17, 15) is 17.6 Å². The third kappa shape index (κ3) is 3.53. The van der Waals surface area contributed by atoms with Crippen LogP contribution in [0.15, 0.2) is 53.4 Å².